The molecule has 0 saturated carbocycles. The van der Waals surface area contributed by atoms with Crippen LogP contribution in [-0.4, -0.2) is 21.9 Å². The van der Waals surface area contributed by atoms with Crippen molar-refractivity contribution in [1.82, 2.24) is 14.8 Å². The van der Waals surface area contributed by atoms with Gasteiger partial charge in [0.1, 0.15) is 24.4 Å². The number of methoxy groups -OCH3 is 1. The third-order valence-corrected chi connectivity index (χ3v) is 3.08. The molecule has 2 rings (SSSR count). The lowest BCUT2D eigenvalue weighted by Gasteiger charge is -2.13. The van der Waals surface area contributed by atoms with E-state index in [-0.39, 0.29) is 0 Å². The zero-order valence-electron chi connectivity index (χ0n) is 12.7. The molecule has 2 N–H and O–H groups in total. The Labute approximate surface area is 124 Å². The standard InChI is InChI=1S/C15H22N4O2/c1-11(2)8-19-15(17-10-18-19)9-21-14-6-13(20-3)5-4-12(14)7-16/h4-6,10-11H,7-9,16H2,1-3H3. The van der Waals surface area contributed by atoms with Gasteiger partial charge in [-0.3, -0.25) is 0 Å². The molecule has 0 aliphatic rings. The van der Waals surface area contributed by atoms with Gasteiger partial charge in [-0.05, 0) is 12.0 Å². The largest absolute Gasteiger partial charge is 0.497 e. The van der Waals surface area contributed by atoms with E-state index in [9.17, 15) is 0 Å². The molecule has 0 spiro atoms. The van der Waals surface area contributed by atoms with E-state index in [4.69, 9.17) is 15.2 Å². The van der Waals surface area contributed by atoms with Crippen LogP contribution in [-0.2, 0) is 19.7 Å². The first-order valence-electron chi connectivity index (χ1n) is 7.00. The summed E-state index contributed by atoms with van der Waals surface area (Å²) in [6, 6.07) is 5.62. The number of benzene rings is 1. The Bertz CT molecular complexity index is 581. The van der Waals surface area contributed by atoms with Gasteiger partial charge in [0, 0.05) is 24.7 Å². The van der Waals surface area contributed by atoms with Gasteiger partial charge in [0.2, 0.25) is 0 Å². The van der Waals surface area contributed by atoms with Crippen molar-refractivity contribution in [3.8, 4) is 11.5 Å². The summed E-state index contributed by atoms with van der Waals surface area (Å²) < 4.78 is 12.9. The second kappa shape index (κ2) is 7.08. The third kappa shape index (κ3) is 3.95. The van der Waals surface area contributed by atoms with E-state index in [2.05, 4.69) is 23.9 Å². The molecule has 0 bridgehead atoms. The summed E-state index contributed by atoms with van der Waals surface area (Å²) in [7, 11) is 1.63. The zero-order chi connectivity index (χ0) is 15.2. The average Bonchev–Trinajstić information content (AvgIpc) is 2.91. The lowest BCUT2D eigenvalue weighted by molar-refractivity contribution is 0.278. The molecule has 114 valence electrons. The first-order chi connectivity index (χ1) is 10.1. The summed E-state index contributed by atoms with van der Waals surface area (Å²) in [6.07, 6.45) is 1.55. The van der Waals surface area contributed by atoms with E-state index in [0.717, 1.165) is 29.4 Å². The molecule has 0 saturated heterocycles. The molecular weight excluding hydrogens is 268 g/mol. The highest BCUT2D eigenvalue weighted by molar-refractivity contribution is 5.40. The normalized spacial score (nSPS) is 10.9. The number of ether oxygens (including phenoxy) is 2. The molecular formula is C15H22N4O2. The molecule has 0 radical (unpaired) electrons. The molecule has 0 fully saturated rings. The Kier molecular flexibility index (Phi) is 5.16. The Morgan fingerprint density at radius 2 is 2.14 bits per heavy atom. The van der Waals surface area contributed by atoms with Gasteiger partial charge in [-0.1, -0.05) is 19.9 Å². The predicted molar refractivity (Wildman–Crippen MR) is 80.1 cm³/mol. The molecule has 2 aromatic rings. The topological polar surface area (TPSA) is 75.2 Å². The van der Waals surface area contributed by atoms with Crippen molar-refractivity contribution < 1.29 is 9.47 Å². The minimum atomic E-state index is 0.354. The first-order valence-corrected chi connectivity index (χ1v) is 7.00. The minimum absolute atomic E-state index is 0.354. The summed E-state index contributed by atoms with van der Waals surface area (Å²) in [5.74, 6) is 2.76. The number of nitrogens with zero attached hydrogens (tertiary/aromatic N) is 3. The van der Waals surface area contributed by atoms with Crippen molar-refractivity contribution in [3.05, 3.63) is 35.9 Å². The number of hydrogen-bond acceptors (Lipinski definition) is 5. The molecule has 21 heavy (non-hydrogen) atoms. The van der Waals surface area contributed by atoms with Crippen molar-refractivity contribution in [2.45, 2.75) is 33.5 Å². The van der Waals surface area contributed by atoms with Crippen molar-refractivity contribution in [1.29, 1.82) is 0 Å². The fourth-order valence-corrected chi connectivity index (χ4v) is 2.01. The summed E-state index contributed by atoms with van der Waals surface area (Å²) in [4.78, 5) is 4.25. The molecule has 0 unspecified atom stereocenters. The summed E-state index contributed by atoms with van der Waals surface area (Å²) in [6.45, 7) is 5.87. The summed E-state index contributed by atoms with van der Waals surface area (Å²) >= 11 is 0. The Morgan fingerprint density at radius 1 is 1.33 bits per heavy atom. The molecule has 6 heteroatoms. The van der Waals surface area contributed by atoms with Crippen LogP contribution in [0.4, 0.5) is 0 Å². The van der Waals surface area contributed by atoms with Gasteiger partial charge in [0.25, 0.3) is 0 Å². The number of rotatable bonds is 7. The smallest absolute Gasteiger partial charge is 0.164 e. The maximum Gasteiger partial charge on any atom is 0.164 e. The predicted octanol–water partition coefficient (Wildman–Crippen LogP) is 1.98. The van der Waals surface area contributed by atoms with Gasteiger partial charge in [-0.15, -0.1) is 0 Å². The maximum atomic E-state index is 5.85. The summed E-state index contributed by atoms with van der Waals surface area (Å²) in [5.41, 5.74) is 6.67. The second-order valence-electron chi connectivity index (χ2n) is 5.22. The van der Waals surface area contributed by atoms with Crippen molar-refractivity contribution in [2.75, 3.05) is 7.11 Å². The Morgan fingerprint density at radius 3 is 2.81 bits per heavy atom. The van der Waals surface area contributed by atoms with Crippen LogP contribution < -0.4 is 15.2 Å². The fraction of sp³-hybridized carbons (Fsp3) is 0.467. The van der Waals surface area contributed by atoms with Crippen LogP contribution in [0, 0.1) is 5.92 Å². The Hall–Kier alpha value is -2.08. The first kappa shape index (κ1) is 15.3. The number of hydrogen-bond donors (Lipinski definition) is 1. The van der Waals surface area contributed by atoms with Crippen LogP contribution >= 0.6 is 0 Å². The van der Waals surface area contributed by atoms with E-state index in [1.54, 1.807) is 13.4 Å². The van der Waals surface area contributed by atoms with Crippen LogP contribution in [0.1, 0.15) is 25.2 Å². The Balaban J connectivity index is 2.11. The van der Waals surface area contributed by atoms with Crippen LogP contribution in [0.3, 0.4) is 0 Å². The lowest BCUT2D eigenvalue weighted by Crippen LogP contribution is -2.13. The molecule has 1 aromatic carbocycles. The van der Waals surface area contributed by atoms with E-state index in [1.165, 1.54) is 0 Å². The fourth-order valence-electron chi connectivity index (χ4n) is 2.01. The molecule has 0 aliphatic carbocycles. The number of aromatic nitrogens is 3. The van der Waals surface area contributed by atoms with E-state index in [0.29, 0.717) is 19.1 Å². The van der Waals surface area contributed by atoms with Crippen molar-refractivity contribution >= 4 is 0 Å². The minimum Gasteiger partial charge on any atom is -0.497 e. The van der Waals surface area contributed by atoms with E-state index >= 15 is 0 Å². The van der Waals surface area contributed by atoms with Gasteiger partial charge in [-0.2, -0.15) is 5.10 Å². The van der Waals surface area contributed by atoms with Crippen molar-refractivity contribution in [3.63, 3.8) is 0 Å². The molecule has 0 atom stereocenters. The molecule has 6 nitrogen and oxygen atoms in total. The SMILES string of the molecule is COc1ccc(CN)c(OCc2ncnn2CC(C)C)c1. The third-order valence-electron chi connectivity index (χ3n) is 3.08. The quantitative estimate of drug-likeness (QED) is 0.844. The zero-order valence-corrected chi connectivity index (χ0v) is 12.7. The van der Waals surface area contributed by atoms with Crippen LogP contribution in [0.25, 0.3) is 0 Å². The van der Waals surface area contributed by atoms with Gasteiger partial charge < -0.3 is 15.2 Å². The summed E-state index contributed by atoms with van der Waals surface area (Å²) in [5, 5.41) is 4.22. The highest BCUT2D eigenvalue weighted by Gasteiger charge is 2.09. The van der Waals surface area contributed by atoms with Gasteiger partial charge in [0.15, 0.2) is 5.82 Å². The molecule has 0 amide bonds. The van der Waals surface area contributed by atoms with Gasteiger partial charge in [0.05, 0.1) is 7.11 Å². The van der Waals surface area contributed by atoms with Gasteiger partial charge in [-0.25, -0.2) is 9.67 Å². The van der Waals surface area contributed by atoms with E-state index in [1.807, 2.05) is 22.9 Å². The van der Waals surface area contributed by atoms with Crippen LogP contribution in [0.5, 0.6) is 11.5 Å². The average molecular weight is 290 g/mol. The van der Waals surface area contributed by atoms with Crippen molar-refractivity contribution in [2.24, 2.45) is 11.7 Å². The number of nitrogens with two attached hydrogens (primary N) is 1. The molecule has 0 aliphatic heterocycles. The van der Waals surface area contributed by atoms with Gasteiger partial charge >= 0.3 is 0 Å². The van der Waals surface area contributed by atoms with Crippen LogP contribution in [0.2, 0.25) is 0 Å². The highest BCUT2D eigenvalue weighted by atomic mass is 16.5. The maximum absolute atomic E-state index is 5.85. The van der Waals surface area contributed by atoms with Crippen LogP contribution in [0.15, 0.2) is 24.5 Å². The second-order valence-corrected chi connectivity index (χ2v) is 5.22. The highest BCUT2D eigenvalue weighted by Crippen LogP contribution is 2.25. The van der Waals surface area contributed by atoms with E-state index < -0.39 is 0 Å². The molecule has 1 aromatic heterocycles. The lowest BCUT2D eigenvalue weighted by atomic mass is 10.2. The molecule has 1 heterocycles. The monoisotopic (exact) mass is 290 g/mol.